The highest BCUT2D eigenvalue weighted by Crippen LogP contribution is 2.31. The van der Waals surface area contributed by atoms with Crippen LogP contribution in [0, 0.1) is 5.92 Å². The summed E-state index contributed by atoms with van der Waals surface area (Å²) >= 11 is 0. The largest absolute Gasteiger partial charge is 0.494 e. The lowest BCUT2D eigenvalue weighted by atomic mass is 9.96. The predicted molar refractivity (Wildman–Crippen MR) is 136 cm³/mol. The van der Waals surface area contributed by atoms with Gasteiger partial charge in [-0.25, -0.2) is 4.90 Å². The zero-order chi connectivity index (χ0) is 25.1. The number of para-hydroxylation sites is 1. The highest BCUT2D eigenvalue weighted by molar-refractivity contribution is 6.34. The number of benzene rings is 3. The highest BCUT2D eigenvalue weighted by atomic mass is 16.5. The van der Waals surface area contributed by atoms with Crippen molar-refractivity contribution in [3.8, 4) is 11.5 Å². The van der Waals surface area contributed by atoms with E-state index < -0.39 is 11.8 Å². The molecule has 0 unspecified atom stereocenters. The van der Waals surface area contributed by atoms with E-state index in [-0.39, 0.29) is 11.5 Å². The molecule has 3 amide bonds. The number of imide groups is 1. The van der Waals surface area contributed by atoms with E-state index in [4.69, 9.17) is 9.47 Å². The first-order valence-electron chi connectivity index (χ1n) is 12.3. The van der Waals surface area contributed by atoms with Gasteiger partial charge in [0.05, 0.1) is 30.0 Å². The third-order valence-corrected chi connectivity index (χ3v) is 6.67. The smallest absolute Gasteiger partial charge is 0.266 e. The minimum absolute atomic E-state index is 0.125. The minimum Gasteiger partial charge on any atom is -0.494 e. The molecule has 0 saturated carbocycles. The standard InChI is InChI=1S/C29H28N2O5/c1-2-35-24-11-9-22(10-12-24)31-28(33)25-13-8-21(18-26(25)29(31)34)27(32)30-16-14-20(15-17-30)19-36-23-6-4-3-5-7-23/h3-13,18,20H,2,14-17,19H2,1H3. The van der Waals surface area contributed by atoms with Crippen LogP contribution < -0.4 is 14.4 Å². The molecule has 2 aliphatic heterocycles. The van der Waals surface area contributed by atoms with Crippen molar-refractivity contribution in [3.05, 3.63) is 89.5 Å². The lowest BCUT2D eigenvalue weighted by molar-refractivity contribution is 0.0660. The van der Waals surface area contributed by atoms with Gasteiger partial charge in [-0.15, -0.1) is 0 Å². The van der Waals surface area contributed by atoms with Crippen molar-refractivity contribution >= 4 is 23.4 Å². The molecular formula is C29H28N2O5. The van der Waals surface area contributed by atoms with E-state index in [1.54, 1.807) is 42.5 Å². The summed E-state index contributed by atoms with van der Waals surface area (Å²) in [5, 5.41) is 0. The van der Waals surface area contributed by atoms with Crippen LogP contribution in [0.2, 0.25) is 0 Å². The maximum atomic E-state index is 13.2. The number of fused-ring (bicyclic) bond motifs is 1. The molecule has 0 spiro atoms. The molecule has 2 heterocycles. The van der Waals surface area contributed by atoms with Gasteiger partial charge >= 0.3 is 0 Å². The van der Waals surface area contributed by atoms with E-state index in [0.29, 0.717) is 54.8 Å². The van der Waals surface area contributed by atoms with E-state index in [2.05, 4.69) is 0 Å². The minimum atomic E-state index is -0.425. The highest BCUT2D eigenvalue weighted by Gasteiger charge is 2.37. The third-order valence-electron chi connectivity index (χ3n) is 6.67. The quantitative estimate of drug-likeness (QED) is 0.450. The molecule has 36 heavy (non-hydrogen) atoms. The first-order valence-corrected chi connectivity index (χ1v) is 12.3. The molecule has 7 heteroatoms. The molecule has 7 nitrogen and oxygen atoms in total. The Morgan fingerprint density at radius 2 is 1.50 bits per heavy atom. The molecule has 1 fully saturated rings. The van der Waals surface area contributed by atoms with Crippen LogP contribution in [-0.4, -0.2) is 48.9 Å². The summed E-state index contributed by atoms with van der Waals surface area (Å²) in [4.78, 5) is 42.3. The number of piperidine rings is 1. The van der Waals surface area contributed by atoms with Gasteiger partial charge in [-0.2, -0.15) is 0 Å². The number of ether oxygens (including phenoxy) is 2. The monoisotopic (exact) mass is 484 g/mol. The Labute approximate surface area is 210 Å². The van der Waals surface area contributed by atoms with Gasteiger partial charge in [0.25, 0.3) is 17.7 Å². The van der Waals surface area contributed by atoms with Crippen molar-refractivity contribution in [1.29, 1.82) is 0 Å². The van der Waals surface area contributed by atoms with Crippen LogP contribution in [0.1, 0.15) is 50.8 Å². The normalized spacial score (nSPS) is 15.7. The van der Waals surface area contributed by atoms with Gasteiger partial charge in [0, 0.05) is 18.7 Å². The average molecular weight is 485 g/mol. The first-order chi connectivity index (χ1) is 17.5. The first kappa shape index (κ1) is 23.6. The topological polar surface area (TPSA) is 76.2 Å². The second-order valence-corrected chi connectivity index (χ2v) is 8.99. The van der Waals surface area contributed by atoms with E-state index in [9.17, 15) is 14.4 Å². The van der Waals surface area contributed by atoms with Crippen molar-refractivity contribution in [2.24, 2.45) is 5.92 Å². The molecule has 1 saturated heterocycles. The van der Waals surface area contributed by atoms with Gasteiger partial charge in [-0.05, 0) is 80.3 Å². The van der Waals surface area contributed by atoms with Crippen LogP contribution in [0.25, 0.3) is 0 Å². The number of carbonyl (C=O) groups excluding carboxylic acids is 3. The number of hydrogen-bond donors (Lipinski definition) is 0. The van der Waals surface area contributed by atoms with Gasteiger partial charge in [0.15, 0.2) is 0 Å². The summed E-state index contributed by atoms with van der Waals surface area (Å²) < 4.78 is 11.3. The average Bonchev–Trinajstić information content (AvgIpc) is 3.17. The zero-order valence-electron chi connectivity index (χ0n) is 20.2. The Morgan fingerprint density at radius 3 is 2.19 bits per heavy atom. The van der Waals surface area contributed by atoms with Gasteiger partial charge in [0.2, 0.25) is 0 Å². The number of amides is 3. The zero-order valence-corrected chi connectivity index (χ0v) is 20.2. The molecule has 0 bridgehead atoms. The fraction of sp³-hybridized carbons (Fsp3) is 0.276. The fourth-order valence-electron chi connectivity index (χ4n) is 4.68. The second-order valence-electron chi connectivity index (χ2n) is 8.99. The number of hydrogen-bond acceptors (Lipinski definition) is 5. The van der Waals surface area contributed by atoms with Crippen molar-refractivity contribution in [3.63, 3.8) is 0 Å². The van der Waals surface area contributed by atoms with Gasteiger partial charge in [-0.1, -0.05) is 18.2 Å². The molecule has 0 atom stereocenters. The maximum Gasteiger partial charge on any atom is 0.266 e. The van der Waals surface area contributed by atoms with Crippen molar-refractivity contribution < 1.29 is 23.9 Å². The number of likely N-dealkylation sites (tertiary alicyclic amines) is 1. The summed E-state index contributed by atoms with van der Waals surface area (Å²) in [6, 6.07) is 21.3. The number of carbonyl (C=O) groups is 3. The fourth-order valence-corrected chi connectivity index (χ4v) is 4.68. The molecule has 3 aromatic carbocycles. The predicted octanol–water partition coefficient (Wildman–Crippen LogP) is 4.82. The molecular weight excluding hydrogens is 456 g/mol. The van der Waals surface area contributed by atoms with E-state index in [1.807, 2.05) is 42.2 Å². The van der Waals surface area contributed by atoms with Crippen molar-refractivity contribution in [2.75, 3.05) is 31.2 Å². The van der Waals surface area contributed by atoms with Crippen LogP contribution in [-0.2, 0) is 0 Å². The van der Waals surface area contributed by atoms with Crippen LogP contribution in [0.5, 0.6) is 11.5 Å². The van der Waals surface area contributed by atoms with E-state index >= 15 is 0 Å². The van der Waals surface area contributed by atoms with Gasteiger partial charge in [0.1, 0.15) is 11.5 Å². The Bertz CT molecular complexity index is 1260. The molecule has 0 aromatic heterocycles. The van der Waals surface area contributed by atoms with E-state index in [1.165, 1.54) is 0 Å². The molecule has 2 aliphatic rings. The van der Waals surface area contributed by atoms with Crippen LogP contribution in [0.15, 0.2) is 72.8 Å². The van der Waals surface area contributed by atoms with E-state index in [0.717, 1.165) is 23.5 Å². The van der Waals surface area contributed by atoms with Crippen LogP contribution >= 0.6 is 0 Å². The lowest BCUT2D eigenvalue weighted by Crippen LogP contribution is -2.39. The van der Waals surface area contributed by atoms with Crippen molar-refractivity contribution in [2.45, 2.75) is 19.8 Å². The Morgan fingerprint density at radius 1 is 0.833 bits per heavy atom. The number of nitrogens with zero attached hydrogens (tertiary/aromatic N) is 2. The molecule has 0 radical (unpaired) electrons. The van der Waals surface area contributed by atoms with Crippen LogP contribution in [0.3, 0.4) is 0 Å². The van der Waals surface area contributed by atoms with Crippen molar-refractivity contribution in [1.82, 2.24) is 4.90 Å². The summed E-state index contributed by atoms with van der Waals surface area (Å²) in [7, 11) is 0. The van der Waals surface area contributed by atoms with Crippen LogP contribution in [0.4, 0.5) is 5.69 Å². The van der Waals surface area contributed by atoms with Gasteiger partial charge < -0.3 is 14.4 Å². The number of anilines is 1. The Kier molecular flexibility index (Phi) is 6.71. The molecule has 0 N–H and O–H groups in total. The second kappa shape index (κ2) is 10.2. The molecule has 184 valence electrons. The molecule has 3 aromatic rings. The Hall–Kier alpha value is -4.13. The summed E-state index contributed by atoms with van der Waals surface area (Å²) in [5.74, 6) is 0.966. The van der Waals surface area contributed by atoms with Gasteiger partial charge in [-0.3, -0.25) is 14.4 Å². The summed E-state index contributed by atoms with van der Waals surface area (Å²) in [6.07, 6.45) is 1.71. The maximum absolute atomic E-state index is 13.2. The summed E-state index contributed by atoms with van der Waals surface area (Å²) in [5.41, 5.74) is 1.45. The summed E-state index contributed by atoms with van der Waals surface area (Å²) in [6.45, 7) is 4.30. The molecule has 0 aliphatic carbocycles. The SMILES string of the molecule is CCOc1ccc(N2C(=O)c3ccc(C(=O)N4CCC(COc5ccccc5)CC4)cc3C2=O)cc1. The third kappa shape index (κ3) is 4.69. The number of rotatable bonds is 7. The molecule has 5 rings (SSSR count). The Balaban J connectivity index is 1.23. The lowest BCUT2D eigenvalue weighted by Gasteiger charge is -2.32.